The highest BCUT2D eigenvalue weighted by molar-refractivity contribution is 6.12. The minimum Gasteiger partial charge on any atom is -0.365 e. The lowest BCUT2D eigenvalue weighted by Crippen LogP contribution is -2.51. The number of nitrogens with zero attached hydrogens (tertiary/aromatic N) is 3. The van der Waals surface area contributed by atoms with E-state index in [0.29, 0.717) is 43.2 Å². The molecule has 0 unspecified atom stereocenters. The van der Waals surface area contributed by atoms with E-state index in [4.69, 9.17) is 4.74 Å². The average molecular weight is 386 g/mol. The predicted octanol–water partition coefficient (Wildman–Crippen LogP) is 1.41. The first kappa shape index (κ1) is 20.0. The van der Waals surface area contributed by atoms with Crippen molar-refractivity contribution < 1.29 is 19.1 Å². The molecule has 0 spiro atoms. The van der Waals surface area contributed by atoms with Crippen LogP contribution in [0.1, 0.15) is 37.6 Å². The fourth-order valence-corrected chi connectivity index (χ4v) is 3.24. The van der Waals surface area contributed by atoms with E-state index in [2.05, 4.69) is 24.3 Å². The molecule has 0 saturated carbocycles. The molecule has 1 atom stereocenters. The number of ether oxygens (including phenoxy) is 1. The molecule has 150 valence electrons. The van der Waals surface area contributed by atoms with Gasteiger partial charge in [-0.1, -0.05) is 13.8 Å². The van der Waals surface area contributed by atoms with Crippen LogP contribution in [0.2, 0.25) is 0 Å². The zero-order valence-corrected chi connectivity index (χ0v) is 16.5. The fraction of sp³-hybridized carbons (Fsp3) is 0.500. The third kappa shape index (κ3) is 4.75. The lowest BCUT2D eigenvalue weighted by atomic mass is 10.1. The van der Waals surface area contributed by atoms with Crippen LogP contribution in [-0.4, -0.2) is 60.7 Å². The molecular weight excluding hydrogens is 360 g/mol. The zero-order valence-electron chi connectivity index (χ0n) is 16.5. The Balaban J connectivity index is 1.54. The number of morpholine rings is 1. The number of hydrazone groups is 1. The summed E-state index contributed by atoms with van der Waals surface area (Å²) in [5.74, 6) is 0.0622. The van der Waals surface area contributed by atoms with Gasteiger partial charge in [-0.3, -0.25) is 14.4 Å². The summed E-state index contributed by atoms with van der Waals surface area (Å²) in [6, 6.07) is 6.74. The molecule has 1 aromatic rings. The van der Waals surface area contributed by atoms with Crippen LogP contribution in [0.5, 0.6) is 0 Å². The molecule has 0 aromatic heterocycles. The van der Waals surface area contributed by atoms with Crippen molar-refractivity contribution in [2.75, 3.05) is 31.3 Å². The molecule has 8 nitrogen and oxygen atoms in total. The van der Waals surface area contributed by atoms with Gasteiger partial charge in [0.05, 0.1) is 18.2 Å². The molecule has 28 heavy (non-hydrogen) atoms. The molecule has 1 N–H and O–H groups in total. The van der Waals surface area contributed by atoms with Crippen molar-refractivity contribution in [1.29, 1.82) is 0 Å². The number of hydrogen-bond donors (Lipinski definition) is 1. The molecule has 0 aliphatic carbocycles. The molecule has 1 saturated heterocycles. The summed E-state index contributed by atoms with van der Waals surface area (Å²) in [6.07, 6.45) is 0.0964. The molecule has 0 radical (unpaired) electrons. The number of amides is 3. The van der Waals surface area contributed by atoms with Gasteiger partial charge in [-0.05, 0) is 37.1 Å². The van der Waals surface area contributed by atoms with Gasteiger partial charge >= 0.3 is 0 Å². The molecule has 1 aromatic carbocycles. The van der Waals surface area contributed by atoms with Crippen molar-refractivity contribution in [1.82, 2.24) is 10.2 Å². The number of benzene rings is 1. The topological polar surface area (TPSA) is 91.3 Å². The zero-order chi connectivity index (χ0) is 20.3. The predicted molar refractivity (Wildman–Crippen MR) is 105 cm³/mol. The Morgan fingerprint density at radius 1 is 1.25 bits per heavy atom. The molecule has 2 aliphatic rings. The lowest BCUT2D eigenvalue weighted by Gasteiger charge is -2.33. The first-order valence-electron chi connectivity index (χ1n) is 9.48. The molecule has 1 fully saturated rings. The van der Waals surface area contributed by atoms with E-state index in [1.54, 1.807) is 29.2 Å². The van der Waals surface area contributed by atoms with E-state index in [9.17, 15) is 14.4 Å². The first-order chi connectivity index (χ1) is 13.3. The first-order valence-corrected chi connectivity index (χ1v) is 9.48. The monoisotopic (exact) mass is 386 g/mol. The second-order valence-electron chi connectivity index (χ2n) is 7.60. The summed E-state index contributed by atoms with van der Waals surface area (Å²) in [5, 5.41) is 8.40. The number of hydrogen-bond acceptors (Lipinski definition) is 5. The van der Waals surface area contributed by atoms with Gasteiger partial charge in [0.1, 0.15) is 6.61 Å². The van der Waals surface area contributed by atoms with Gasteiger partial charge < -0.3 is 15.0 Å². The SMILES string of the molecule is CC1=NN(c2ccc(C(=O)NC[C@H]3CN(CC(C)C)C(=O)CO3)cc2)C(=O)C1. The second kappa shape index (κ2) is 8.52. The summed E-state index contributed by atoms with van der Waals surface area (Å²) < 4.78 is 5.53. The Bertz CT molecular complexity index is 788. The second-order valence-corrected chi connectivity index (χ2v) is 7.60. The van der Waals surface area contributed by atoms with Crippen LogP contribution in [-0.2, 0) is 14.3 Å². The number of nitrogens with one attached hydrogen (secondary N) is 1. The molecule has 3 amide bonds. The van der Waals surface area contributed by atoms with E-state index in [1.165, 1.54) is 5.01 Å². The van der Waals surface area contributed by atoms with Crippen molar-refractivity contribution in [2.45, 2.75) is 33.3 Å². The van der Waals surface area contributed by atoms with Gasteiger partial charge in [0.25, 0.3) is 11.8 Å². The highest BCUT2D eigenvalue weighted by Crippen LogP contribution is 2.21. The average Bonchev–Trinajstić information content (AvgIpc) is 3.00. The summed E-state index contributed by atoms with van der Waals surface area (Å²) in [4.78, 5) is 38.0. The molecule has 2 aliphatic heterocycles. The number of carbonyl (C=O) groups is 3. The number of carbonyl (C=O) groups excluding carboxylic acids is 3. The highest BCUT2D eigenvalue weighted by Gasteiger charge is 2.27. The third-order valence-electron chi connectivity index (χ3n) is 4.58. The standard InChI is InChI=1S/C20H26N4O4/c1-13(2)10-23-11-17(28-12-19(23)26)9-21-20(27)15-4-6-16(7-5-15)24-18(25)8-14(3)22-24/h4-7,13,17H,8-12H2,1-3H3,(H,21,27)/t17-/m0/s1. The quantitative estimate of drug-likeness (QED) is 0.800. The Hall–Kier alpha value is -2.74. The Morgan fingerprint density at radius 3 is 2.57 bits per heavy atom. The van der Waals surface area contributed by atoms with Crippen LogP contribution in [0.15, 0.2) is 29.4 Å². The Labute approximate surface area is 164 Å². The summed E-state index contributed by atoms with van der Waals surface area (Å²) in [7, 11) is 0. The van der Waals surface area contributed by atoms with Crippen molar-refractivity contribution in [3.8, 4) is 0 Å². The van der Waals surface area contributed by atoms with Crippen LogP contribution in [0.25, 0.3) is 0 Å². The van der Waals surface area contributed by atoms with Gasteiger partial charge in [-0.15, -0.1) is 0 Å². The Morgan fingerprint density at radius 2 is 1.96 bits per heavy atom. The van der Waals surface area contributed by atoms with Crippen molar-refractivity contribution in [2.24, 2.45) is 11.0 Å². The summed E-state index contributed by atoms with van der Waals surface area (Å²) >= 11 is 0. The normalized spacial score (nSPS) is 20.0. The van der Waals surface area contributed by atoms with E-state index in [0.717, 1.165) is 5.71 Å². The summed E-state index contributed by atoms with van der Waals surface area (Å²) in [5.41, 5.74) is 1.89. The number of rotatable bonds is 6. The van der Waals surface area contributed by atoms with Gasteiger partial charge in [0, 0.05) is 30.9 Å². The van der Waals surface area contributed by atoms with Gasteiger partial charge in [0.15, 0.2) is 0 Å². The number of anilines is 1. The maximum Gasteiger partial charge on any atom is 0.253 e. The molecular formula is C20H26N4O4. The van der Waals surface area contributed by atoms with Crippen molar-refractivity contribution in [3.05, 3.63) is 29.8 Å². The van der Waals surface area contributed by atoms with Gasteiger partial charge in [-0.25, -0.2) is 5.01 Å². The fourth-order valence-electron chi connectivity index (χ4n) is 3.24. The molecule has 3 rings (SSSR count). The van der Waals surface area contributed by atoms with Crippen LogP contribution in [0.4, 0.5) is 5.69 Å². The highest BCUT2D eigenvalue weighted by atomic mass is 16.5. The molecule has 0 bridgehead atoms. The van der Waals surface area contributed by atoms with Gasteiger partial charge in [0.2, 0.25) is 5.91 Å². The van der Waals surface area contributed by atoms with E-state index in [-0.39, 0.29) is 30.4 Å². The van der Waals surface area contributed by atoms with Crippen LogP contribution >= 0.6 is 0 Å². The maximum atomic E-state index is 12.4. The largest absolute Gasteiger partial charge is 0.365 e. The Kier molecular flexibility index (Phi) is 6.08. The summed E-state index contributed by atoms with van der Waals surface area (Å²) in [6.45, 7) is 7.47. The maximum absolute atomic E-state index is 12.4. The van der Waals surface area contributed by atoms with Crippen molar-refractivity contribution >= 4 is 29.1 Å². The van der Waals surface area contributed by atoms with E-state index < -0.39 is 0 Å². The van der Waals surface area contributed by atoms with E-state index >= 15 is 0 Å². The van der Waals surface area contributed by atoms with Crippen LogP contribution in [0.3, 0.4) is 0 Å². The van der Waals surface area contributed by atoms with Crippen LogP contribution < -0.4 is 10.3 Å². The van der Waals surface area contributed by atoms with E-state index in [1.807, 2.05) is 6.92 Å². The smallest absolute Gasteiger partial charge is 0.253 e. The molecule has 2 heterocycles. The minimum atomic E-state index is -0.227. The van der Waals surface area contributed by atoms with Crippen LogP contribution in [0, 0.1) is 5.92 Å². The van der Waals surface area contributed by atoms with Gasteiger partial charge in [-0.2, -0.15) is 5.10 Å². The minimum absolute atomic E-state index is 0.0128. The third-order valence-corrected chi connectivity index (χ3v) is 4.58. The van der Waals surface area contributed by atoms with Crippen molar-refractivity contribution in [3.63, 3.8) is 0 Å². The lowest BCUT2D eigenvalue weighted by molar-refractivity contribution is -0.149. The molecule has 8 heteroatoms.